The van der Waals surface area contributed by atoms with Crippen LogP contribution in [0.15, 0.2) is 58.3 Å². The Morgan fingerprint density at radius 1 is 1.03 bits per heavy atom. The van der Waals surface area contributed by atoms with E-state index in [2.05, 4.69) is 24.1 Å². The highest BCUT2D eigenvalue weighted by Crippen LogP contribution is 2.43. The third-order valence-corrected chi connectivity index (χ3v) is 10.2. The van der Waals surface area contributed by atoms with Crippen LogP contribution in [0.1, 0.15) is 48.5 Å². The van der Waals surface area contributed by atoms with Crippen molar-refractivity contribution in [2.45, 2.75) is 56.1 Å². The molecule has 8 nitrogen and oxygen atoms in total. The van der Waals surface area contributed by atoms with Gasteiger partial charge in [-0.05, 0) is 41.3 Å². The van der Waals surface area contributed by atoms with E-state index in [4.69, 9.17) is 4.98 Å². The van der Waals surface area contributed by atoms with E-state index < -0.39 is 19.7 Å². The molecule has 0 radical (unpaired) electrons. The van der Waals surface area contributed by atoms with Gasteiger partial charge in [-0.3, -0.25) is 9.69 Å². The van der Waals surface area contributed by atoms with Crippen LogP contribution in [0, 0.1) is 5.92 Å². The van der Waals surface area contributed by atoms with Gasteiger partial charge in [-0.25, -0.2) is 21.8 Å². The molecule has 11 heteroatoms. The average Bonchev–Trinajstić information content (AvgIpc) is 3.35. The summed E-state index contributed by atoms with van der Waals surface area (Å²) in [5.41, 5.74) is 2.72. The van der Waals surface area contributed by atoms with Crippen LogP contribution in [0.5, 0.6) is 0 Å². The molecule has 4 rings (SSSR count). The predicted molar refractivity (Wildman–Crippen MR) is 145 cm³/mol. The van der Waals surface area contributed by atoms with E-state index in [1.165, 1.54) is 29.7 Å². The maximum Gasteiger partial charge on any atom is 0.230 e. The summed E-state index contributed by atoms with van der Waals surface area (Å²) in [4.78, 5) is 21.4. The third-order valence-electron chi connectivity index (χ3n) is 6.39. The summed E-state index contributed by atoms with van der Waals surface area (Å²) in [5, 5.41) is 3.45. The second kappa shape index (κ2) is 10.6. The minimum atomic E-state index is -3.27. The standard InChI is InChI=1S/C26H31N3O5S3/c1-5-37(33,34)21-12-6-18(7-13-21)14-23(30)27-26-28-24-22(35-26)16-29(25(24)17(2)3)15-19-8-10-20(11-9-19)36(4,31)32/h6-13,17,25H,5,14-16H2,1-4H3,(H,27,28,30). The first-order valence-corrected chi connectivity index (χ1v) is 16.4. The second-order valence-electron chi connectivity index (χ2n) is 9.61. The summed E-state index contributed by atoms with van der Waals surface area (Å²) >= 11 is 1.47. The number of fused-ring (bicyclic) bond motifs is 1. The SMILES string of the molecule is CCS(=O)(=O)c1ccc(CC(=O)Nc2nc3c(s2)CN(Cc2ccc(S(C)(=O)=O)cc2)C3C(C)C)cc1. The number of hydrogen-bond acceptors (Lipinski definition) is 8. The van der Waals surface area contributed by atoms with Gasteiger partial charge in [0.25, 0.3) is 0 Å². The molecule has 0 bridgehead atoms. The van der Waals surface area contributed by atoms with Crippen LogP contribution in [-0.2, 0) is 44.0 Å². The van der Waals surface area contributed by atoms with Crippen molar-refractivity contribution in [3.8, 4) is 0 Å². The molecule has 2 heterocycles. The zero-order chi connectivity index (χ0) is 27.0. The van der Waals surface area contributed by atoms with Crippen molar-refractivity contribution in [3.63, 3.8) is 0 Å². The molecule has 3 aromatic rings. The summed E-state index contributed by atoms with van der Waals surface area (Å²) in [5.74, 6) is 0.119. The van der Waals surface area contributed by atoms with Crippen molar-refractivity contribution in [2.24, 2.45) is 5.92 Å². The highest BCUT2D eigenvalue weighted by Gasteiger charge is 2.36. The molecule has 0 spiro atoms. The number of carbonyl (C=O) groups excluding carboxylic acids is 1. The summed E-state index contributed by atoms with van der Waals surface area (Å²) in [6, 6.07) is 13.5. The van der Waals surface area contributed by atoms with Crippen LogP contribution < -0.4 is 5.32 Å². The van der Waals surface area contributed by atoms with E-state index in [9.17, 15) is 21.6 Å². The van der Waals surface area contributed by atoms with Gasteiger partial charge in [-0.1, -0.05) is 45.0 Å². The minimum Gasteiger partial charge on any atom is -0.302 e. The molecule has 37 heavy (non-hydrogen) atoms. The molecule has 0 fully saturated rings. The van der Waals surface area contributed by atoms with Crippen LogP contribution in [0.4, 0.5) is 5.13 Å². The van der Waals surface area contributed by atoms with Crippen LogP contribution in [-0.4, -0.2) is 44.6 Å². The van der Waals surface area contributed by atoms with E-state index in [0.29, 0.717) is 29.0 Å². The molecular weight excluding hydrogens is 531 g/mol. The lowest BCUT2D eigenvalue weighted by Crippen LogP contribution is -2.26. The monoisotopic (exact) mass is 561 g/mol. The average molecular weight is 562 g/mol. The van der Waals surface area contributed by atoms with Gasteiger partial charge < -0.3 is 5.32 Å². The summed E-state index contributed by atoms with van der Waals surface area (Å²) in [7, 11) is -6.50. The smallest absolute Gasteiger partial charge is 0.230 e. The van der Waals surface area contributed by atoms with Gasteiger partial charge in [-0.15, -0.1) is 11.3 Å². The fourth-order valence-electron chi connectivity index (χ4n) is 4.52. The normalized spacial score (nSPS) is 16.2. The summed E-state index contributed by atoms with van der Waals surface area (Å²) in [6.07, 6.45) is 1.33. The molecule has 1 amide bonds. The second-order valence-corrected chi connectivity index (χ2v) is 15.0. The van der Waals surface area contributed by atoms with Crippen LogP contribution in [0.2, 0.25) is 0 Å². The summed E-state index contributed by atoms with van der Waals surface area (Å²) < 4.78 is 47.5. The van der Waals surface area contributed by atoms with E-state index >= 15 is 0 Å². The third kappa shape index (κ3) is 6.28. The summed E-state index contributed by atoms with van der Waals surface area (Å²) in [6.45, 7) is 7.25. The Kier molecular flexibility index (Phi) is 7.89. The van der Waals surface area contributed by atoms with E-state index in [0.717, 1.165) is 21.7 Å². The van der Waals surface area contributed by atoms with Gasteiger partial charge in [0.05, 0.1) is 33.7 Å². The first-order valence-electron chi connectivity index (χ1n) is 12.0. The molecule has 1 N–H and O–H groups in total. The van der Waals surface area contributed by atoms with Crippen molar-refractivity contribution >= 4 is 42.1 Å². The van der Waals surface area contributed by atoms with Crippen LogP contribution in [0.25, 0.3) is 0 Å². The van der Waals surface area contributed by atoms with Gasteiger partial charge in [0.2, 0.25) is 5.91 Å². The highest BCUT2D eigenvalue weighted by atomic mass is 32.2. The van der Waals surface area contributed by atoms with Crippen molar-refractivity contribution in [1.29, 1.82) is 0 Å². The van der Waals surface area contributed by atoms with Gasteiger partial charge in [-0.2, -0.15) is 0 Å². The zero-order valence-corrected chi connectivity index (χ0v) is 23.7. The minimum absolute atomic E-state index is 0.0335. The Balaban J connectivity index is 1.42. The lowest BCUT2D eigenvalue weighted by atomic mass is 10.0. The number of nitrogens with one attached hydrogen (secondary N) is 1. The fraction of sp³-hybridized carbons (Fsp3) is 0.385. The molecule has 2 aromatic carbocycles. The lowest BCUT2D eigenvalue weighted by Gasteiger charge is -2.27. The molecule has 0 aliphatic carbocycles. The zero-order valence-electron chi connectivity index (χ0n) is 21.3. The van der Waals surface area contributed by atoms with E-state index in [1.807, 2.05) is 12.1 Å². The molecule has 1 unspecified atom stereocenters. The van der Waals surface area contributed by atoms with Crippen LogP contribution in [0.3, 0.4) is 0 Å². The quantitative estimate of drug-likeness (QED) is 0.416. The molecule has 1 aliphatic heterocycles. The molecule has 1 aliphatic rings. The number of rotatable bonds is 9. The van der Waals surface area contributed by atoms with Gasteiger partial charge >= 0.3 is 0 Å². The maximum atomic E-state index is 12.6. The lowest BCUT2D eigenvalue weighted by molar-refractivity contribution is -0.115. The van der Waals surface area contributed by atoms with Crippen molar-refractivity contribution in [2.75, 3.05) is 17.3 Å². The van der Waals surface area contributed by atoms with Crippen molar-refractivity contribution in [3.05, 3.63) is 70.2 Å². The fourth-order valence-corrected chi connectivity index (χ4v) is 7.07. The number of carbonyl (C=O) groups is 1. The van der Waals surface area contributed by atoms with E-state index in [-0.39, 0.29) is 29.0 Å². The van der Waals surface area contributed by atoms with Crippen molar-refractivity contribution < 1.29 is 21.6 Å². The molecule has 198 valence electrons. The Hall–Kier alpha value is -2.60. The number of thiazole rings is 1. The van der Waals surface area contributed by atoms with Crippen LogP contribution >= 0.6 is 11.3 Å². The Morgan fingerprint density at radius 3 is 2.19 bits per heavy atom. The van der Waals surface area contributed by atoms with E-state index in [1.54, 1.807) is 31.2 Å². The number of sulfone groups is 2. The Bertz CT molecular complexity index is 1490. The number of aromatic nitrogens is 1. The predicted octanol–water partition coefficient (Wildman–Crippen LogP) is 4.23. The Morgan fingerprint density at radius 2 is 1.62 bits per heavy atom. The van der Waals surface area contributed by atoms with Gasteiger partial charge in [0.1, 0.15) is 0 Å². The molecule has 1 aromatic heterocycles. The molecule has 1 atom stereocenters. The van der Waals surface area contributed by atoms with Gasteiger partial charge in [0, 0.05) is 24.2 Å². The van der Waals surface area contributed by atoms with Gasteiger partial charge in [0.15, 0.2) is 24.8 Å². The number of amides is 1. The largest absolute Gasteiger partial charge is 0.302 e. The molecule has 0 saturated heterocycles. The highest BCUT2D eigenvalue weighted by molar-refractivity contribution is 7.91. The molecule has 0 saturated carbocycles. The maximum absolute atomic E-state index is 12.6. The number of nitrogens with zero attached hydrogens (tertiary/aromatic N) is 2. The number of hydrogen-bond donors (Lipinski definition) is 1. The number of benzene rings is 2. The number of anilines is 1. The Labute approximate surface area is 222 Å². The first kappa shape index (κ1) is 27.4. The topological polar surface area (TPSA) is 114 Å². The first-order chi connectivity index (χ1) is 17.4. The molecular formula is C26H31N3O5S3. The van der Waals surface area contributed by atoms with Crippen molar-refractivity contribution in [1.82, 2.24) is 9.88 Å².